The van der Waals surface area contributed by atoms with Crippen molar-refractivity contribution < 1.29 is 9.52 Å². The summed E-state index contributed by atoms with van der Waals surface area (Å²) < 4.78 is 6.38. The molecule has 2 aromatic rings. The van der Waals surface area contributed by atoms with Gasteiger partial charge in [-0.05, 0) is 42.2 Å². The third-order valence-corrected chi connectivity index (χ3v) is 4.39. The van der Waals surface area contributed by atoms with Crippen LogP contribution in [0.3, 0.4) is 0 Å². The lowest BCUT2D eigenvalue weighted by molar-refractivity contribution is 0.143. The molecule has 1 aromatic carbocycles. The minimum atomic E-state index is -0.591. The molecule has 1 aliphatic carbocycles. The van der Waals surface area contributed by atoms with Gasteiger partial charge in [-0.2, -0.15) is 0 Å². The number of nitrogens with one attached hydrogen (secondary N) is 1. The van der Waals surface area contributed by atoms with Crippen LogP contribution in [-0.4, -0.2) is 11.7 Å². The monoisotopic (exact) mass is 321 g/mol. The molecule has 1 aromatic heterocycles. The lowest BCUT2D eigenvalue weighted by Gasteiger charge is -2.16. The molecule has 0 spiro atoms. The van der Waals surface area contributed by atoms with Gasteiger partial charge in [-0.3, -0.25) is 0 Å². The summed E-state index contributed by atoms with van der Waals surface area (Å²) in [5.41, 5.74) is 2.72. The van der Waals surface area contributed by atoms with Gasteiger partial charge in [-0.15, -0.1) is 0 Å². The predicted octanol–water partition coefficient (Wildman–Crippen LogP) is 3.35. The zero-order valence-corrected chi connectivity index (χ0v) is 12.1. The molecule has 1 heterocycles. The molecule has 0 fully saturated rings. The van der Waals surface area contributed by atoms with Crippen molar-refractivity contribution in [3.8, 4) is 0 Å². The van der Waals surface area contributed by atoms with Gasteiger partial charge >= 0.3 is 0 Å². The number of halogens is 1. The summed E-state index contributed by atoms with van der Waals surface area (Å²) in [5.74, 6) is 0.611. The van der Waals surface area contributed by atoms with E-state index < -0.39 is 6.10 Å². The molecule has 4 heteroatoms. The van der Waals surface area contributed by atoms with Gasteiger partial charge in [0.05, 0.1) is 6.26 Å². The van der Waals surface area contributed by atoms with Crippen molar-refractivity contribution in [2.45, 2.75) is 25.0 Å². The average molecular weight is 322 g/mol. The second kappa shape index (κ2) is 5.49. The van der Waals surface area contributed by atoms with Crippen LogP contribution in [0.5, 0.6) is 0 Å². The van der Waals surface area contributed by atoms with Crippen LogP contribution in [0, 0.1) is 0 Å². The normalized spacial score (nSPS) is 19.4. The summed E-state index contributed by atoms with van der Waals surface area (Å²) in [4.78, 5) is 0. The molecule has 100 valence electrons. The number of benzene rings is 1. The number of aliphatic hydroxyl groups excluding tert-OH is 1. The van der Waals surface area contributed by atoms with E-state index in [0.29, 0.717) is 18.3 Å². The van der Waals surface area contributed by atoms with E-state index >= 15 is 0 Å². The number of rotatable bonds is 4. The van der Waals surface area contributed by atoms with E-state index in [9.17, 15) is 5.11 Å². The molecule has 0 saturated carbocycles. The largest absolute Gasteiger partial charge is 0.467 e. The van der Waals surface area contributed by atoms with E-state index in [2.05, 4.69) is 39.4 Å². The fourth-order valence-electron chi connectivity index (χ4n) is 2.66. The van der Waals surface area contributed by atoms with Crippen molar-refractivity contribution in [1.82, 2.24) is 5.32 Å². The lowest BCUT2D eigenvalue weighted by Crippen LogP contribution is -2.24. The molecule has 19 heavy (non-hydrogen) atoms. The van der Waals surface area contributed by atoms with Crippen LogP contribution in [0.2, 0.25) is 0 Å². The van der Waals surface area contributed by atoms with Gasteiger partial charge in [0.25, 0.3) is 0 Å². The van der Waals surface area contributed by atoms with Crippen molar-refractivity contribution in [1.29, 1.82) is 0 Å². The molecule has 0 aliphatic heterocycles. The van der Waals surface area contributed by atoms with E-state index in [4.69, 9.17) is 4.42 Å². The van der Waals surface area contributed by atoms with Crippen LogP contribution in [-0.2, 0) is 6.42 Å². The van der Waals surface area contributed by atoms with Gasteiger partial charge < -0.3 is 14.8 Å². The molecule has 0 saturated heterocycles. The first kappa shape index (κ1) is 12.9. The maximum atomic E-state index is 10.0. The summed E-state index contributed by atoms with van der Waals surface area (Å²) in [6.45, 7) is 0.504. The smallest absolute Gasteiger partial charge is 0.133 e. The lowest BCUT2D eigenvalue weighted by atomic mass is 10.1. The summed E-state index contributed by atoms with van der Waals surface area (Å²) in [5, 5.41) is 13.4. The number of furan rings is 1. The Morgan fingerprint density at radius 3 is 3.05 bits per heavy atom. The quantitative estimate of drug-likeness (QED) is 0.907. The molecule has 0 radical (unpaired) electrons. The first-order valence-electron chi connectivity index (χ1n) is 6.48. The first-order valence-corrected chi connectivity index (χ1v) is 7.27. The van der Waals surface area contributed by atoms with E-state index in [-0.39, 0.29) is 0 Å². The highest BCUT2D eigenvalue weighted by atomic mass is 79.9. The Hall–Kier alpha value is -1.10. The second-order valence-electron chi connectivity index (χ2n) is 4.84. The molecule has 0 bridgehead atoms. The number of fused-ring (bicyclic) bond motifs is 1. The minimum absolute atomic E-state index is 0.317. The van der Waals surface area contributed by atoms with Crippen molar-refractivity contribution in [3.63, 3.8) is 0 Å². The average Bonchev–Trinajstić information content (AvgIpc) is 3.06. The maximum Gasteiger partial charge on any atom is 0.133 e. The summed E-state index contributed by atoms with van der Waals surface area (Å²) in [6, 6.07) is 10.2. The Morgan fingerprint density at radius 1 is 1.37 bits per heavy atom. The van der Waals surface area contributed by atoms with Crippen LogP contribution in [0.15, 0.2) is 45.5 Å². The zero-order chi connectivity index (χ0) is 13.2. The second-order valence-corrected chi connectivity index (χ2v) is 5.69. The first-order chi connectivity index (χ1) is 9.25. The van der Waals surface area contributed by atoms with Crippen LogP contribution < -0.4 is 5.32 Å². The van der Waals surface area contributed by atoms with Crippen LogP contribution >= 0.6 is 15.9 Å². The van der Waals surface area contributed by atoms with Gasteiger partial charge in [0.2, 0.25) is 0 Å². The fraction of sp³-hybridized carbons (Fsp3) is 0.333. The summed E-state index contributed by atoms with van der Waals surface area (Å²) in [7, 11) is 0. The third kappa shape index (κ3) is 2.61. The molecule has 3 rings (SSSR count). The van der Waals surface area contributed by atoms with Crippen LogP contribution in [0.25, 0.3) is 0 Å². The molecular formula is C15H16BrNO2. The molecule has 0 amide bonds. The molecule has 2 atom stereocenters. The van der Waals surface area contributed by atoms with Crippen molar-refractivity contribution in [2.75, 3.05) is 6.54 Å². The highest BCUT2D eigenvalue weighted by Gasteiger charge is 2.24. The molecule has 2 N–H and O–H groups in total. The van der Waals surface area contributed by atoms with Gasteiger partial charge in [-0.25, -0.2) is 0 Å². The molecule has 3 nitrogen and oxygen atoms in total. The van der Waals surface area contributed by atoms with Crippen molar-refractivity contribution in [2.24, 2.45) is 0 Å². The van der Waals surface area contributed by atoms with Gasteiger partial charge in [0.1, 0.15) is 11.9 Å². The SMILES string of the molecule is O[C@@H](CN[C@@H]1CCc2c(Br)cccc21)c1ccco1. The standard InChI is InChI=1S/C15H16BrNO2/c16-12-4-1-3-11-10(12)6-7-13(11)17-9-14(18)15-5-2-8-19-15/h1-5,8,13-14,17-18H,6-7,9H2/t13-,14+/m1/s1. The Balaban J connectivity index is 1.66. The topological polar surface area (TPSA) is 45.4 Å². The fourth-order valence-corrected chi connectivity index (χ4v) is 3.24. The molecule has 1 aliphatic rings. The van der Waals surface area contributed by atoms with Gasteiger partial charge in [0.15, 0.2) is 0 Å². The highest BCUT2D eigenvalue weighted by Crippen LogP contribution is 2.35. The van der Waals surface area contributed by atoms with Crippen molar-refractivity contribution >= 4 is 15.9 Å². The predicted molar refractivity (Wildman–Crippen MR) is 76.9 cm³/mol. The van der Waals surface area contributed by atoms with Gasteiger partial charge in [0, 0.05) is 17.1 Å². The summed E-state index contributed by atoms with van der Waals surface area (Å²) >= 11 is 3.59. The minimum Gasteiger partial charge on any atom is -0.467 e. The van der Waals surface area contributed by atoms with E-state index in [1.54, 1.807) is 18.4 Å². The van der Waals surface area contributed by atoms with E-state index in [1.807, 2.05) is 0 Å². The molecular weight excluding hydrogens is 306 g/mol. The van der Waals surface area contributed by atoms with Crippen LogP contribution in [0.4, 0.5) is 0 Å². The Labute approximate surface area is 120 Å². The van der Waals surface area contributed by atoms with Crippen molar-refractivity contribution in [3.05, 3.63) is 58.0 Å². The number of hydrogen-bond donors (Lipinski definition) is 2. The summed E-state index contributed by atoms with van der Waals surface area (Å²) in [6.07, 6.45) is 3.14. The zero-order valence-electron chi connectivity index (χ0n) is 10.5. The third-order valence-electron chi connectivity index (χ3n) is 3.64. The van der Waals surface area contributed by atoms with E-state index in [0.717, 1.165) is 12.8 Å². The highest BCUT2D eigenvalue weighted by molar-refractivity contribution is 9.10. The van der Waals surface area contributed by atoms with Gasteiger partial charge in [-0.1, -0.05) is 28.1 Å². The number of hydrogen-bond acceptors (Lipinski definition) is 3. The molecule has 0 unspecified atom stereocenters. The maximum absolute atomic E-state index is 10.0. The number of aliphatic hydroxyl groups is 1. The Morgan fingerprint density at radius 2 is 2.26 bits per heavy atom. The Bertz CT molecular complexity index is 553. The van der Waals surface area contributed by atoms with Crippen LogP contribution in [0.1, 0.15) is 35.5 Å². The van der Waals surface area contributed by atoms with E-state index in [1.165, 1.54) is 15.6 Å². The Kier molecular flexibility index (Phi) is 3.73.